The first-order valence-corrected chi connectivity index (χ1v) is 14.4. The molecule has 0 bridgehead atoms. The Balaban J connectivity index is 1.22. The van der Waals surface area contributed by atoms with Gasteiger partial charge in [-0.05, 0) is 47.6 Å². The van der Waals surface area contributed by atoms with Crippen molar-refractivity contribution in [3.05, 3.63) is 75.2 Å². The highest BCUT2D eigenvalue weighted by Gasteiger charge is 2.37. The van der Waals surface area contributed by atoms with Gasteiger partial charge in [0.2, 0.25) is 5.91 Å². The van der Waals surface area contributed by atoms with Crippen molar-refractivity contribution in [1.82, 2.24) is 28.8 Å². The maximum absolute atomic E-state index is 13.8. The molecule has 0 saturated carbocycles. The van der Waals surface area contributed by atoms with Crippen molar-refractivity contribution < 1.29 is 14.7 Å². The van der Waals surface area contributed by atoms with Crippen LogP contribution < -0.4 is 15.8 Å². The van der Waals surface area contributed by atoms with Gasteiger partial charge >= 0.3 is 0 Å². The van der Waals surface area contributed by atoms with Gasteiger partial charge in [-0.25, -0.2) is 4.98 Å². The summed E-state index contributed by atoms with van der Waals surface area (Å²) in [5.74, 6) is 0.714. The van der Waals surface area contributed by atoms with Gasteiger partial charge in [0.25, 0.3) is 11.5 Å². The highest BCUT2D eigenvalue weighted by atomic mass is 16.3. The molecule has 12 nitrogen and oxygen atoms in total. The van der Waals surface area contributed by atoms with Crippen LogP contribution in [0.15, 0.2) is 41.5 Å². The first-order chi connectivity index (χ1) is 20.5. The number of fused-ring (bicyclic) bond motifs is 4. The Hall–Kier alpha value is -4.71. The topological polar surface area (TPSA) is 131 Å². The van der Waals surface area contributed by atoms with Crippen LogP contribution in [0.3, 0.4) is 0 Å². The Kier molecular flexibility index (Phi) is 6.10. The van der Waals surface area contributed by atoms with E-state index in [2.05, 4.69) is 33.8 Å². The van der Waals surface area contributed by atoms with E-state index in [0.29, 0.717) is 59.3 Å². The van der Waals surface area contributed by atoms with Crippen LogP contribution in [0.1, 0.15) is 46.9 Å². The summed E-state index contributed by atoms with van der Waals surface area (Å²) in [6.07, 6.45) is 5.23. The number of hydrogen-bond acceptors (Lipinski definition) is 7. The summed E-state index contributed by atoms with van der Waals surface area (Å²) < 4.78 is 5.26. The number of hydrogen-bond donors (Lipinski definition) is 2. The molecule has 2 amide bonds. The summed E-state index contributed by atoms with van der Waals surface area (Å²) in [7, 11) is 3.40. The Bertz CT molecular complexity index is 1880. The third-order valence-electron chi connectivity index (χ3n) is 8.80. The molecule has 4 aromatic rings. The number of anilines is 3. The molecule has 0 aromatic carbocycles. The lowest BCUT2D eigenvalue weighted by molar-refractivity contribution is -0.132. The van der Waals surface area contributed by atoms with Crippen LogP contribution in [-0.4, -0.2) is 59.3 Å². The lowest BCUT2D eigenvalue weighted by atomic mass is 9.90. The number of aromatic nitrogens is 5. The number of aliphatic hydroxyl groups is 1. The third-order valence-corrected chi connectivity index (χ3v) is 8.80. The first-order valence-electron chi connectivity index (χ1n) is 14.4. The number of carbonyl (C=O) groups excluding carboxylic acids is 2. The van der Waals surface area contributed by atoms with Crippen molar-refractivity contribution in [1.29, 1.82) is 0 Å². The number of nitrogens with one attached hydrogen (secondary N) is 1. The van der Waals surface area contributed by atoms with Crippen molar-refractivity contribution in [3.8, 4) is 11.1 Å². The van der Waals surface area contributed by atoms with Crippen LogP contribution in [-0.2, 0) is 50.9 Å². The summed E-state index contributed by atoms with van der Waals surface area (Å²) in [6.45, 7) is 5.85. The van der Waals surface area contributed by atoms with Crippen LogP contribution in [0.25, 0.3) is 11.1 Å². The number of likely N-dealkylation sites (N-methyl/N-ethyl adjacent to an activating group) is 1. The fourth-order valence-corrected chi connectivity index (χ4v) is 6.70. The fraction of sp³-hybridized carbons (Fsp3) is 0.387. The quantitative estimate of drug-likeness (QED) is 0.370. The molecule has 0 spiro atoms. The van der Waals surface area contributed by atoms with Crippen molar-refractivity contribution in [2.45, 2.75) is 52.9 Å². The number of carbonyl (C=O) groups is 2. The van der Waals surface area contributed by atoms with E-state index in [1.54, 1.807) is 53.1 Å². The van der Waals surface area contributed by atoms with Gasteiger partial charge in [0, 0.05) is 62.5 Å². The van der Waals surface area contributed by atoms with E-state index in [9.17, 15) is 19.5 Å². The molecule has 43 heavy (non-hydrogen) atoms. The smallest absolute Gasteiger partial charge is 0.276 e. The van der Waals surface area contributed by atoms with Gasteiger partial charge in [0.1, 0.15) is 23.7 Å². The minimum atomic E-state index is -0.338. The summed E-state index contributed by atoms with van der Waals surface area (Å²) in [4.78, 5) is 46.8. The minimum Gasteiger partial charge on any atom is -0.392 e. The molecule has 0 atom stereocenters. The van der Waals surface area contributed by atoms with E-state index in [0.717, 1.165) is 18.5 Å². The largest absolute Gasteiger partial charge is 0.392 e. The van der Waals surface area contributed by atoms with Crippen molar-refractivity contribution >= 4 is 29.1 Å². The van der Waals surface area contributed by atoms with Crippen LogP contribution in [0.2, 0.25) is 0 Å². The normalized spacial score (nSPS) is 17.2. The second kappa shape index (κ2) is 9.66. The summed E-state index contributed by atoms with van der Waals surface area (Å²) >= 11 is 0. The van der Waals surface area contributed by atoms with E-state index in [1.807, 2.05) is 12.1 Å². The molecule has 0 radical (unpaired) electrons. The summed E-state index contributed by atoms with van der Waals surface area (Å²) in [6, 6.07) is 7.34. The summed E-state index contributed by atoms with van der Waals surface area (Å²) in [5, 5.41) is 18.2. The van der Waals surface area contributed by atoms with Crippen LogP contribution in [0.5, 0.6) is 0 Å². The molecule has 2 N–H and O–H groups in total. The molecule has 0 saturated heterocycles. The van der Waals surface area contributed by atoms with Crippen LogP contribution >= 0.6 is 0 Å². The molecular weight excluding hydrogens is 548 g/mol. The van der Waals surface area contributed by atoms with E-state index >= 15 is 0 Å². The van der Waals surface area contributed by atoms with Crippen molar-refractivity contribution in [2.75, 3.05) is 23.8 Å². The zero-order chi connectivity index (χ0) is 30.2. The number of aliphatic hydroxyl groups excluding tert-OH is 1. The highest BCUT2D eigenvalue weighted by Crippen LogP contribution is 2.40. The Morgan fingerprint density at radius 2 is 1.86 bits per heavy atom. The SMILES string of the molecule is CN1Cc2cc(Nc3cc(-c4ccnc(N5CCn6c(cc7c6CC(C)(C)C7)C5=O)c4CO)cn(C)c3=O)nn2CC1=O. The first kappa shape index (κ1) is 27.1. The highest BCUT2D eigenvalue weighted by molar-refractivity contribution is 6.06. The van der Waals surface area contributed by atoms with Gasteiger partial charge in [0.15, 0.2) is 5.82 Å². The molecule has 0 fully saturated rings. The van der Waals surface area contributed by atoms with E-state index in [-0.39, 0.29) is 35.9 Å². The monoisotopic (exact) mass is 582 g/mol. The van der Waals surface area contributed by atoms with Gasteiger partial charge in [-0.15, -0.1) is 0 Å². The number of pyridine rings is 2. The molecular formula is C31H34N8O4. The maximum atomic E-state index is 13.8. The summed E-state index contributed by atoms with van der Waals surface area (Å²) in [5.41, 5.74) is 6.09. The Morgan fingerprint density at radius 1 is 1.05 bits per heavy atom. The molecule has 12 heteroatoms. The second-order valence-corrected chi connectivity index (χ2v) is 12.6. The standard InChI is InChI=1S/C31H34N8O4/c1-31(2)12-18-10-24-30(43)38(8-7-37(24)25(18)13-31)28-22(17-40)21(5-6-32-28)19-9-23(29(42)36(4)14-19)33-26-11-20-15-35(3)27(41)16-39(20)34-26/h5-6,9-11,14,40H,7-8,12-13,15-17H2,1-4H3,(H,33,34). The van der Waals surface area contributed by atoms with Crippen LogP contribution in [0.4, 0.5) is 17.3 Å². The molecule has 4 aromatic heterocycles. The zero-order valence-corrected chi connectivity index (χ0v) is 24.7. The van der Waals surface area contributed by atoms with Gasteiger partial charge < -0.3 is 24.5 Å². The molecule has 6 heterocycles. The average Bonchev–Trinajstić information content (AvgIpc) is 3.60. The van der Waals surface area contributed by atoms with E-state index < -0.39 is 0 Å². The Labute approximate surface area is 248 Å². The minimum absolute atomic E-state index is 0.0292. The number of nitrogens with zero attached hydrogens (tertiary/aromatic N) is 7. The molecule has 3 aliphatic rings. The lowest BCUT2D eigenvalue weighted by Gasteiger charge is -2.31. The van der Waals surface area contributed by atoms with Gasteiger partial charge in [-0.3, -0.25) is 24.0 Å². The van der Waals surface area contributed by atoms with Gasteiger partial charge in [-0.1, -0.05) is 13.8 Å². The van der Waals surface area contributed by atoms with E-state index in [1.165, 1.54) is 15.8 Å². The van der Waals surface area contributed by atoms with Gasteiger partial charge in [0.05, 0.1) is 18.8 Å². The van der Waals surface area contributed by atoms with Crippen molar-refractivity contribution in [2.24, 2.45) is 12.5 Å². The number of aryl methyl sites for hydroxylation is 1. The second-order valence-electron chi connectivity index (χ2n) is 12.6. The molecule has 0 unspecified atom stereocenters. The fourth-order valence-electron chi connectivity index (χ4n) is 6.70. The molecule has 1 aliphatic carbocycles. The third kappa shape index (κ3) is 4.44. The average molecular weight is 583 g/mol. The van der Waals surface area contributed by atoms with Crippen molar-refractivity contribution in [3.63, 3.8) is 0 Å². The Morgan fingerprint density at radius 3 is 2.65 bits per heavy atom. The van der Waals surface area contributed by atoms with E-state index in [4.69, 9.17) is 0 Å². The van der Waals surface area contributed by atoms with Gasteiger partial charge in [-0.2, -0.15) is 5.10 Å². The lowest BCUT2D eigenvalue weighted by Crippen LogP contribution is -2.41. The molecule has 7 rings (SSSR count). The molecule has 222 valence electrons. The zero-order valence-electron chi connectivity index (χ0n) is 24.7. The number of amides is 2. The maximum Gasteiger partial charge on any atom is 0.276 e. The predicted octanol–water partition coefficient (Wildman–Crippen LogP) is 2.44. The van der Waals surface area contributed by atoms with Crippen LogP contribution in [0, 0.1) is 5.41 Å². The predicted molar refractivity (Wildman–Crippen MR) is 160 cm³/mol. The number of rotatable bonds is 5. The molecule has 2 aliphatic heterocycles.